The summed E-state index contributed by atoms with van der Waals surface area (Å²) in [5.74, 6) is 1.82. The van der Waals surface area contributed by atoms with Crippen molar-refractivity contribution >= 4 is 15.9 Å². The summed E-state index contributed by atoms with van der Waals surface area (Å²) in [4.78, 5) is 0.332. The summed E-state index contributed by atoms with van der Waals surface area (Å²) >= 11 is 3.80. The van der Waals surface area contributed by atoms with Crippen molar-refractivity contribution in [3.05, 3.63) is 23.8 Å². The molecule has 0 aromatic heterocycles. The minimum absolute atomic E-state index is 0.332. The van der Waals surface area contributed by atoms with Gasteiger partial charge in [0.15, 0.2) is 0 Å². The third-order valence-electron chi connectivity index (χ3n) is 3.84. The van der Waals surface area contributed by atoms with Gasteiger partial charge in [-0.15, -0.1) is 0 Å². The van der Waals surface area contributed by atoms with Gasteiger partial charge in [0, 0.05) is 10.4 Å². The molecule has 0 saturated heterocycles. The largest absolute Gasteiger partial charge is 0.497 e. The fourth-order valence-electron chi connectivity index (χ4n) is 2.52. The Morgan fingerprint density at radius 1 is 0.952 bits per heavy atom. The van der Waals surface area contributed by atoms with Crippen LogP contribution in [0.25, 0.3) is 0 Å². The fraction of sp³-hybridized carbons (Fsp3) is 0.667. The molecule has 0 heterocycles. The maximum atomic E-state index is 5.45. The molecule has 1 atom stereocenters. The van der Waals surface area contributed by atoms with E-state index in [4.69, 9.17) is 9.47 Å². The molecule has 3 heteroatoms. The Morgan fingerprint density at radius 2 is 1.62 bits per heavy atom. The van der Waals surface area contributed by atoms with Crippen molar-refractivity contribution in [2.45, 2.75) is 63.1 Å². The Labute approximate surface area is 138 Å². The monoisotopic (exact) mass is 356 g/mol. The zero-order valence-electron chi connectivity index (χ0n) is 13.7. The lowest BCUT2D eigenvalue weighted by atomic mass is 10.0. The molecule has 0 saturated carbocycles. The van der Waals surface area contributed by atoms with E-state index in [2.05, 4.69) is 28.9 Å². The standard InChI is InChI=1S/C18H29BrO2/c1-4-5-6-7-8-9-10-11-17(19)16-14-15(20-2)12-13-18(16)21-3/h12-14,17H,4-11H2,1-3H3. The first-order valence-electron chi connectivity index (χ1n) is 8.09. The summed E-state index contributed by atoms with van der Waals surface area (Å²) in [6.07, 6.45) is 10.5. The molecule has 0 N–H and O–H groups in total. The number of ether oxygens (including phenoxy) is 2. The number of alkyl halides is 1. The molecule has 0 spiro atoms. The Bertz CT molecular complexity index is 393. The SMILES string of the molecule is CCCCCCCCCC(Br)c1cc(OC)ccc1OC. The first-order valence-corrected chi connectivity index (χ1v) is 9.00. The smallest absolute Gasteiger partial charge is 0.123 e. The Morgan fingerprint density at radius 3 is 2.24 bits per heavy atom. The van der Waals surface area contributed by atoms with Gasteiger partial charge < -0.3 is 9.47 Å². The van der Waals surface area contributed by atoms with Gasteiger partial charge in [-0.2, -0.15) is 0 Å². The first kappa shape index (κ1) is 18.3. The van der Waals surface area contributed by atoms with Crippen LogP contribution in [-0.4, -0.2) is 14.2 Å². The van der Waals surface area contributed by atoms with Crippen molar-refractivity contribution in [1.82, 2.24) is 0 Å². The van der Waals surface area contributed by atoms with Crippen LogP contribution >= 0.6 is 15.9 Å². The molecule has 0 amide bonds. The fourth-order valence-corrected chi connectivity index (χ4v) is 3.20. The van der Waals surface area contributed by atoms with Crippen LogP contribution < -0.4 is 9.47 Å². The molecule has 2 nitrogen and oxygen atoms in total. The Balaban J connectivity index is 2.38. The van der Waals surface area contributed by atoms with Crippen LogP contribution in [0, 0.1) is 0 Å². The summed E-state index contributed by atoms with van der Waals surface area (Å²) in [7, 11) is 3.42. The lowest BCUT2D eigenvalue weighted by molar-refractivity contribution is 0.397. The van der Waals surface area contributed by atoms with E-state index in [1.807, 2.05) is 12.1 Å². The van der Waals surface area contributed by atoms with Gasteiger partial charge in [0.25, 0.3) is 0 Å². The van der Waals surface area contributed by atoms with Crippen molar-refractivity contribution in [1.29, 1.82) is 0 Å². The van der Waals surface area contributed by atoms with Crippen LogP contribution in [0.15, 0.2) is 18.2 Å². The van der Waals surface area contributed by atoms with Crippen LogP contribution in [0.3, 0.4) is 0 Å². The topological polar surface area (TPSA) is 18.5 Å². The van der Waals surface area contributed by atoms with Crippen LogP contribution in [0.4, 0.5) is 0 Å². The summed E-state index contributed by atoms with van der Waals surface area (Å²) in [5.41, 5.74) is 1.18. The quantitative estimate of drug-likeness (QED) is 0.343. The molecule has 1 unspecified atom stereocenters. The molecular formula is C18H29BrO2. The lowest BCUT2D eigenvalue weighted by Crippen LogP contribution is -1.97. The summed E-state index contributed by atoms with van der Waals surface area (Å²) in [6, 6.07) is 5.99. The Hall–Kier alpha value is -0.700. The summed E-state index contributed by atoms with van der Waals surface area (Å²) < 4.78 is 10.8. The van der Waals surface area contributed by atoms with Gasteiger partial charge in [-0.1, -0.05) is 67.8 Å². The van der Waals surface area contributed by atoms with Gasteiger partial charge in [0.05, 0.1) is 14.2 Å². The molecule has 0 radical (unpaired) electrons. The zero-order valence-corrected chi connectivity index (χ0v) is 15.2. The summed E-state index contributed by atoms with van der Waals surface area (Å²) in [5, 5.41) is 0. The van der Waals surface area contributed by atoms with Crippen LogP contribution in [-0.2, 0) is 0 Å². The van der Waals surface area contributed by atoms with Gasteiger partial charge in [0.1, 0.15) is 11.5 Å². The molecule has 1 aromatic rings. The molecule has 1 rings (SSSR count). The normalized spacial score (nSPS) is 12.2. The molecule has 0 bridgehead atoms. The highest BCUT2D eigenvalue weighted by Gasteiger charge is 2.14. The average Bonchev–Trinajstić information content (AvgIpc) is 2.53. The van der Waals surface area contributed by atoms with Gasteiger partial charge in [0.2, 0.25) is 0 Å². The third-order valence-corrected chi connectivity index (χ3v) is 4.79. The number of rotatable bonds is 11. The van der Waals surface area contributed by atoms with Crippen molar-refractivity contribution < 1.29 is 9.47 Å². The second-order valence-electron chi connectivity index (χ2n) is 5.49. The van der Waals surface area contributed by atoms with Crippen molar-refractivity contribution in [2.24, 2.45) is 0 Å². The van der Waals surface area contributed by atoms with Crippen LogP contribution in [0.5, 0.6) is 11.5 Å². The maximum absolute atomic E-state index is 5.45. The Kier molecular flexibility index (Phi) is 9.56. The molecular weight excluding hydrogens is 328 g/mol. The minimum Gasteiger partial charge on any atom is -0.497 e. The van der Waals surface area contributed by atoms with Crippen molar-refractivity contribution in [3.63, 3.8) is 0 Å². The molecule has 21 heavy (non-hydrogen) atoms. The number of halogens is 1. The number of hydrogen-bond donors (Lipinski definition) is 0. The number of hydrogen-bond acceptors (Lipinski definition) is 2. The van der Waals surface area contributed by atoms with Gasteiger partial charge in [-0.25, -0.2) is 0 Å². The lowest BCUT2D eigenvalue weighted by Gasteiger charge is -2.15. The predicted molar refractivity (Wildman–Crippen MR) is 93.8 cm³/mol. The number of methoxy groups -OCH3 is 2. The predicted octanol–water partition coefficient (Wildman–Crippen LogP) is 6.28. The van der Waals surface area contributed by atoms with E-state index >= 15 is 0 Å². The summed E-state index contributed by atoms with van der Waals surface area (Å²) in [6.45, 7) is 2.26. The molecule has 0 aliphatic heterocycles. The van der Waals surface area contributed by atoms with E-state index in [1.54, 1.807) is 14.2 Å². The van der Waals surface area contributed by atoms with Gasteiger partial charge >= 0.3 is 0 Å². The van der Waals surface area contributed by atoms with E-state index in [0.717, 1.165) is 17.9 Å². The molecule has 0 fully saturated rings. The molecule has 1 aromatic carbocycles. The second-order valence-corrected chi connectivity index (χ2v) is 6.59. The maximum Gasteiger partial charge on any atom is 0.123 e. The molecule has 0 aliphatic carbocycles. The zero-order chi connectivity index (χ0) is 15.5. The van der Waals surface area contributed by atoms with Crippen LogP contribution in [0.1, 0.15) is 68.7 Å². The van der Waals surface area contributed by atoms with Crippen LogP contribution in [0.2, 0.25) is 0 Å². The number of unbranched alkanes of at least 4 members (excludes halogenated alkanes) is 6. The van der Waals surface area contributed by atoms with E-state index in [9.17, 15) is 0 Å². The molecule has 120 valence electrons. The average molecular weight is 357 g/mol. The highest BCUT2D eigenvalue weighted by Crippen LogP contribution is 2.37. The third kappa shape index (κ3) is 6.73. The van der Waals surface area contributed by atoms with E-state index in [1.165, 1.54) is 50.5 Å². The van der Waals surface area contributed by atoms with Crippen molar-refractivity contribution in [3.8, 4) is 11.5 Å². The molecule has 0 aliphatic rings. The first-order chi connectivity index (χ1) is 10.2. The highest BCUT2D eigenvalue weighted by molar-refractivity contribution is 9.09. The van der Waals surface area contributed by atoms with Gasteiger partial charge in [-0.05, 0) is 24.6 Å². The van der Waals surface area contributed by atoms with Crippen molar-refractivity contribution in [2.75, 3.05) is 14.2 Å². The minimum atomic E-state index is 0.332. The van der Waals surface area contributed by atoms with E-state index in [0.29, 0.717) is 4.83 Å². The number of benzene rings is 1. The highest BCUT2D eigenvalue weighted by atomic mass is 79.9. The van der Waals surface area contributed by atoms with E-state index in [-0.39, 0.29) is 0 Å². The van der Waals surface area contributed by atoms with Gasteiger partial charge in [-0.3, -0.25) is 0 Å². The second kappa shape index (κ2) is 10.9. The van der Waals surface area contributed by atoms with E-state index < -0.39 is 0 Å².